The summed E-state index contributed by atoms with van der Waals surface area (Å²) in [7, 11) is -3.67. The van der Waals surface area contributed by atoms with Gasteiger partial charge in [0.15, 0.2) is 0 Å². The van der Waals surface area contributed by atoms with Crippen LogP contribution in [-0.2, 0) is 13.6 Å². The van der Waals surface area contributed by atoms with Crippen LogP contribution in [0.2, 0.25) is 10.0 Å². The van der Waals surface area contributed by atoms with Crippen molar-refractivity contribution >= 4 is 36.5 Å². The maximum Gasteiger partial charge on any atom is 0.342 e. The first-order chi connectivity index (χ1) is 12.4. The van der Waals surface area contributed by atoms with Gasteiger partial charge < -0.3 is 9.05 Å². The molecule has 9 heteroatoms. The quantitative estimate of drug-likeness (QED) is 0.287. The summed E-state index contributed by atoms with van der Waals surface area (Å²) in [5.74, 6) is 0. The van der Waals surface area contributed by atoms with E-state index in [0.717, 1.165) is 0 Å². The molecule has 140 valence electrons. The Hall–Kier alpha value is -1.43. The Labute approximate surface area is 161 Å². The molecule has 0 fully saturated rings. The fourth-order valence-corrected chi connectivity index (χ4v) is 5.39. The Kier molecular flexibility index (Phi) is 7.21. The van der Waals surface area contributed by atoms with Gasteiger partial charge in [-0.25, -0.2) is 0 Å². The zero-order chi connectivity index (χ0) is 19.3. The number of nitrogens with zero attached hydrogens (tertiary/aromatic N) is 1. The summed E-state index contributed by atoms with van der Waals surface area (Å²) in [6, 6.07) is 11.6. The molecule has 0 spiro atoms. The van der Waals surface area contributed by atoms with Gasteiger partial charge in [0.1, 0.15) is 10.7 Å². The molecule has 2 rings (SSSR count). The highest BCUT2D eigenvalue weighted by Crippen LogP contribution is 2.65. The molecule has 2 aromatic rings. The summed E-state index contributed by atoms with van der Waals surface area (Å²) in [6.07, 6.45) is 0. The van der Waals surface area contributed by atoms with E-state index in [0.29, 0.717) is 11.1 Å². The first-order valence-electron chi connectivity index (χ1n) is 7.91. The summed E-state index contributed by atoms with van der Waals surface area (Å²) in [5.41, 5.74) is -0.201. The van der Waals surface area contributed by atoms with Gasteiger partial charge in [-0.3, -0.25) is 14.7 Å². The third-order valence-corrected chi connectivity index (χ3v) is 6.96. The molecule has 0 aromatic heterocycles. The second-order valence-corrected chi connectivity index (χ2v) is 8.12. The highest BCUT2D eigenvalue weighted by molar-refractivity contribution is 7.54. The van der Waals surface area contributed by atoms with Gasteiger partial charge >= 0.3 is 7.60 Å². The Morgan fingerprint density at radius 1 is 1.04 bits per heavy atom. The van der Waals surface area contributed by atoms with Crippen molar-refractivity contribution in [3.8, 4) is 0 Å². The molecular weight excluding hydrogens is 400 g/mol. The predicted octanol–water partition coefficient (Wildman–Crippen LogP) is 6.26. The SMILES string of the molecule is CCOP(=O)(OCC)C(c1ccccc1)c1ccc([N+](=O)[O-])c(Cl)c1Cl. The zero-order valence-corrected chi connectivity index (χ0v) is 16.6. The predicted molar refractivity (Wildman–Crippen MR) is 102 cm³/mol. The summed E-state index contributed by atoms with van der Waals surface area (Å²) in [6.45, 7) is 3.74. The van der Waals surface area contributed by atoms with Gasteiger partial charge in [-0.2, -0.15) is 0 Å². The number of hydrogen-bond acceptors (Lipinski definition) is 5. The molecular formula is C17H18Cl2NO5P. The van der Waals surface area contributed by atoms with Gasteiger partial charge in [0.2, 0.25) is 0 Å². The van der Waals surface area contributed by atoms with E-state index in [1.54, 1.807) is 38.1 Å². The standard InChI is InChI=1S/C17H18Cl2NO5P/c1-3-24-26(23,25-4-2)17(12-8-6-5-7-9-12)13-10-11-14(20(21)22)16(19)15(13)18/h5-11,17H,3-4H2,1-2H3. The average molecular weight is 418 g/mol. The number of halogens is 2. The minimum atomic E-state index is -3.67. The van der Waals surface area contributed by atoms with E-state index in [-0.39, 0.29) is 28.9 Å². The van der Waals surface area contributed by atoms with Crippen LogP contribution in [0.25, 0.3) is 0 Å². The van der Waals surface area contributed by atoms with E-state index in [1.165, 1.54) is 12.1 Å². The fraction of sp³-hybridized carbons (Fsp3) is 0.294. The van der Waals surface area contributed by atoms with E-state index in [9.17, 15) is 14.7 Å². The lowest BCUT2D eigenvalue weighted by Crippen LogP contribution is -2.09. The van der Waals surface area contributed by atoms with Gasteiger partial charge in [0.25, 0.3) is 5.69 Å². The Balaban J connectivity index is 2.72. The summed E-state index contributed by atoms with van der Waals surface area (Å²) < 4.78 is 24.5. The molecule has 0 radical (unpaired) electrons. The van der Waals surface area contributed by atoms with Crippen molar-refractivity contribution < 1.29 is 18.5 Å². The summed E-state index contributed by atoms with van der Waals surface area (Å²) in [4.78, 5) is 10.5. The molecule has 0 aliphatic rings. The van der Waals surface area contributed by atoms with E-state index in [1.807, 2.05) is 6.07 Å². The van der Waals surface area contributed by atoms with Crippen LogP contribution in [0.4, 0.5) is 5.69 Å². The highest BCUT2D eigenvalue weighted by Gasteiger charge is 2.40. The van der Waals surface area contributed by atoms with Crippen molar-refractivity contribution in [1.29, 1.82) is 0 Å². The number of nitro benzene ring substituents is 1. The van der Waals surface area contributed by atoms with E-state index >= 15 is 0 Å². The van der Waals surface area contributed by atoms with Gasteiger partial charge in [-0.1, -0.05) is 53.5 Å². The minimum absolute atomic E-state index is 0.0469. The second kappa shape index (κ2) is 8.98. The molecule has 0 N–H and O–H groups in total. The second-order valence-electron chi connectivity index (χ2n) is 5.25. The lowest BCUT2D eigenvalue weighted by atomic mass is 10.0. The molecule has 1 atom stereocenters. The number of rotatable bonds is 8. The van der Waals surface area contributed by atoms with E-state index in [4.69, 9.17) is 32.2 Å². The number of nitro groups is 1. The zero-order valence-electron chi connectivity index (χ0n) is 14.2. The first kappa shape index (κ1) is 20.9. The number of benzene rings is 2. The van der Waals surface area contributed by atoms with Gasteiger partial charge in [-0.15, -0.1) is 0 Å². The van der Waals surface area contributed by atoms with Crippen molar-refractivity contribution in [1.82, 2.24) is 0 Å². The van der Waals surface area contributed by atoms with Crippen molar-refractivity contribution in [2.24, 2.45) is 0 Å². The van der Waals surface area contributed by atoms with Crippen molar-refractivity contribution in [2.75, 3.05) is 13.2 Å². The molecule has 0 heterocycles. The highest BCUT2D eigenvalue weighted by atomic mass is 35.5. The molecule has 26 heavy (non-hydrogen) atoms. The third-order valence-electron chi connectivity index (χ3n) is 3.63. The molecule has 6 nitrogen and oxygen atoms in total. The van der Waals surface area contributed by atoms with Gasteiger partial charge in [-0.05, 0) is 31.0 Å². The van der Waals surface area contributed by atoms with Crippen molar-refractivity contribution in [2.45, 2.75) is 19.5 Å². The minimum Gasteiger partial charge on any atom is -0.308 e. The fourth-order valence-electron chi connectivity index (χ4n) is 2.62. The van der Waals surface area contributed by atoms with Crippen LogP contribution in [0.1, 0.15) is 30.6 Å². The molecule has 0 amide bonds. The molecule has 0 saturated carbocycles. The van der Waals surface area contributed by atoms with E-state index < -0.39 is 18.2 Å². The van der Waals surface area contributed by atoms with Crippen LogP contribution in [0.5, 0.6) is 0 Å². The van der Waals surface area contributed by atoms with Crippen LogP contribution in [-0.4, -0.2) is 18.1 Å². The Bertz CT molecular complexity index is 821. The van der Waals surface area contributed by atoms with Crippen molar-refractivity contribution in [3.63, 3.8) is 0 Å². The maximum absolute atomic E-state index is 13.5. The molecule has 1 unspecified atom stereocenters. The molecule has 2 aromatic carbocycles. The van der Waals surface area contributed by atoms with Crippen LogP contribution >= 0.6 is 30.8 Å². The van der Waals surface area contributed by atoms with Crippen LogP contribution < -0.4 is 0 Å². The topological polar surface area (TPSA) is 78.7 Å². The van der Waals surface area contributed by atoms with Crippen molar-refractivity contribution in [3.05, 3.63) is 73.8 Å². The van der Waals surface area contributed by atoms with Gasteiger partial charge in [0, 0.05) is 6.07 Å². The maximum atomic E-state index is 13.5. The lowest BCUT2D eigenvalue weighted by Gasteiger charge is -2.27. The first-order valence-corrected chi connectivity index (χ1v) is 10.3. The van der Waals surface area contributed by atoms with E-state index in [2.05, 4.69) is 0 Å². The number of hydrogen-bond donors (Lipinski definition) is 0. The Morgan fingerprint density at radius 2 is 1.62 bits per heavy atom. The monoisotopic (exact) mass is 417 g/mol. The molecule has 0 aliphatic carbocycles. The summed E-state index contributed by atoms with van der Waals surface area (Å²) >= 11 is 12.4. The third kappa shape index (κ3) is 4.27. The van der Waals surface area contributed by atoms with Crippen LogP contribution in [0, 0.1) is 10.1 Å². The smallest absolute Gasteiger partial charge is 0.308 e. The van der Waals surface area contributed by atoms with Gasteiger partial charge in [0.05, 0.1) is 23.2 Å². The molecule has 0 saturated heterocycles. The molecule has 0 aliphatic heterocycles. The van der Waals surface area contributed by atoms with Crippen LogP contribution in [0.3, 0.4) is 0 Å². The average Bonchev–Trinajstić information content (AvgIpc) is 2.60. The normalized spacial score (nSPS) is 12.8. The lowest BCUT2D eigenvalue weighted by molar-refractivity contribution is -0.384. The largest absolute Gasteiger partial charge is 0.342 e. The summed E-state index contributed by atoms with van der Waals surface area (Å²) in [5, 5.41) is 10.8. The molecule has 0 bridgehead atoms. The Morgan fingerprint density at radius 3 is 2.12 bits per heavy atom. The van der Waals surface area contributed by atoms with Crippen LogP contribution in [0.15, 0.2) is 42.5 Å².